The summed E-state index contributed by atoms with van der Waals surface area (Å²) in [7, 11) is 5.07. The van der Waals surface area contributed by atoms with Gasteiger partial charge in [0.05, 0.1) is 36.2 Å². The molecule has 0 aliphatic heterocycles. The van der Waals surface area contributed by atoms with Gasteiger partial charge in [0.2, 0.25) is 0 Å². The van der Waals surface area contributed by atoms with Gasteiger partial charge in [-0.05, 0) is 37.3 Å². The van der Waals surface area contributed by atoms with Gasteiger partial charge < -0.3 is 23.7 Å². The first-order valence-corrected chi connectivity index (χ1v) is 9.24. The highest BCUT2D eigenvalue weighted by molar-refractivity contribution is 5.96. The van der Waals surface area contributed by atoms with Gasteiger partial charge in [-0.2, -0.15) is 0 Å². The third kappa shape index (κ3) is 3.01. The van der Waals surface area contributed by atoms with Crippen LogP contribution in [0.5, 0.6) is 5.75 Å². The summed E-state index contributed by atoms with van der Waals surface area (Å²) in [5, 5.41) is 10.4. The van der Waals surface area contributed by atoms with E-state index in [4.69, 9.17) is 19.4 Å². The summed E-state index contributed by atoms with van der Waals surface area (Å²) in [6.07, 6.45) is 0. The molecule has 0 spiro atoms. The Bertz CT molecular complexity index is 1240. The zero-order valence-electron chi connectivity index (χ0n) is 16.8. The maximum absolute atomic E-state index is 11.5. The number of hydrogen-bond donors (Lipinski definition) is 1. The van der Waals surface area contributed by atoms with Crippen molar-refractivity contribution in [2.75, 3.05) is 14.2 Å². The molecule has 0 fully saturated rings. The van der Waals surface area contributed by atoms with Crippen LogP contribution in [-0.4, -0.2) is 44.4 Å². The number of carbonyl (C=O) groups is 1. The Labute approximate surface area is 167 Å². The number of fused-ring (bicyclic) bond motifs is 2. The van der Waals surface area contributed by atoms with Crippen molar-refractivity contribution in [3.63, 3.8) is 0 Å². The minimum absolute atomic E-state index is 0.140. The molecule has 8 nitrogen and oxygen atoms in total. The van der Waals surface area contributed by atoms with Gasteiger partial charge in [0, 0.05) is 26.1 Å². The van der Waals surface area contributed by atoms with Crippen LogP contribution in [0.15, 0.2) is 30.3 Å². The maximum Gasteiger partial charge on any atom is 0.335 e. The van der Waals surface area contributed by atoms with Gasteiger partial charge in [-0.3, -0.25) is 0 Å². The summed E-state index contributed by atoms with van der Waals surface area (Å²) < 4.78 is 14.7. The molecule has 4 aromatic rings. The second-order valence-electron chi connectivity index (χ2n) is 6.77. The molecule has 0 amide bonds. The Morgan fingerprint density at radius 2 is 1.97 bits per heavy atom. The molecule has 8 heteroatoms. The third-order valence-corrected chi connectivity index (χ3v) is 5.04. The first-order chi connectivity index (χ1) is 14.0. The monoisotopic (exact) mass is 394 g/mol. The summed E-state index contributed by atoms with van der Waals surface area (Å²) in [4.78, 5) is 20.9. The number of carboxylic acids is 1. The highest BCUT2D eigenvalue weighted by atomic mass is 16.5. The van der Waals surface area contributed by atoms with Gasteiger partial charge in [0.1, 0.15) is 16.9 Å². The van der Waals surface area contributed by atoms with Crippen molar-refractivity contribution in [3.05, 3.63) is 41.6 Å². The fourth-order valence-corrected chi connectivity index (χ4v) is 3.72. The van der Waals surface area contributed by atoms with E-state index in [0.29, 0.717) is 30.2 Å². The molecule has 1 aromatic carbocycles. The number of hydrogen-bond acceptors (Lipinski definition) is 5. The van der Waals surface area contributed by atoms with E-state index in [0.717, 1.165) is 27.9 Å². The van der Waals surface area contributed by atoms with Crippen molar-refractivity contribution in [1.29, 1.82) is 0 Å². The summed E-state index contributed by atoms with van der Waals surface area (Å²) in [6, 6.07) is 9.11. The van der Waals surface area contributed by atoms with Gasteiger partial charge in [0.15, 0.2) is 5.82 Å². The number of carboxylic acid groups (broad SMARTS) is 1. The van der Waals surface area contributed by atoms with Gasteiger partial charge >= 0.3 is 5.97 Å². The van der Waals surface area contributed by atoms with Crippen molar-refractivity contribution < 1.29 is 19.4 Å². The number of imidazole rings is 1. The number of aromatic carboxylic acids is 1. The number of benzene rings is 1. The van der Waals surface area contributed by atoms with Gasteiger partial charge in [-0.25, -0.2) is 14.8 Å². The van der Waals surface area contributed by atoms with E-state index in [1.54, 1.807) is 13.2 Å². The molecule has 3 aromatic heterocycles. The lowest BCUT2D eigenvalue weighted by Crippen LogP contribution is -2.03. The van der Waals surface area contributed by atoms with Gasteiger partial charge in [0.25, 0.3) is 0 Å². The predicted molar refractivity (Wildman–Crippen MR) is 109 cm³/mol. The standard InChI is InChI=1S/C21H22N4O4/c1-5-25-16(9-12-6-7-14(11-28-3)22-19(12)25)20-23-15-8-13(21(26)27)10-17(29-4)18(15)24(20)2/h6-10H,5,11H2,1-4H3,(H,26,27). The number of nitrogens with zero attached hydrogens (tertiary/aromatic N) is 4. The van der Waals surface area contributed by atoms with E-state index in [-0.39, 0.29) is 5.56 Å². The van der Waals surface area contributed by atoms with Crippen molar-refractivity contribution in [2.45, 2.75) is 20.1 Å². The third-order valence-electron chi connectivity index (χ3n) is 5.04. The predicted octanol–water partition coefficient (Wildman–Crippen LogP) is 3.46. The van der Waals surface area contributed by atoms with Crippen molar-refractivity contribution in [1.82, 2.24) is 19.1 Å². The largest absolute Gasteiger partial charge is 0.494 e. The zero-order valence-corrected chi connectivity index (χ0v) is 16.8. The quantitative estimate of drug-likeness (QED) is 0.538. The topological polar surface area (TPSA) is 91.4 Å². The van der Waals surface area contributed by atoms with Crippen LogP contribution in [0.25, 0.3) is 33.6 Å². The summed E-state index contributed by atoms with van der Waals surface area (Å²) in [6.45, 7) is 3.21. The van der Waals surface area contributed by atoms with Crippen LogP contribution >= 0.6 is 0 Å². The Hall–Kier alpha value is -3.39. The molecule has 0 radical (unpaired) electrons. The molecule has 0 aliphatic rings. The Morgan fingerprint density at radius 1 is 1.17 bits per heavy atom. The maximum atomic E-state index is 11.5. The van der Waals surface area contributed by atoms with Gasteiger partial charge in [-0.1, -0.05) is 0 Å². The van der Waals surface area contributed by atoms with Crippen LogP contribution < -0.4 is 4.74 Å². The highest BCUT2D eigenvalue weighted by Crippen LogP contribution is 2.33. The normalized spacial score (nSPS) is 11.4. The fourth-order valence-electron chi connectivity index (χ4n) is 3.72. The Morgan fingerprint density at radius 3 is 2.62 bits per heavy atom. The lowest BCUT2D eigenvalue weighted by Gasteiger charge is -2.09. The average Bonchev–Trinajstić information content (AvgIpc) is 3.24. The lowest BCUT2D eigenvalue weighted by molar-refractivity contribution is 0.0696. The minimum Gasteiger partial charge on any atom is -0.494 e. The molecular formula is C21H22N4O4. The molecule has 29 heavy (non-hydrogen) atoms. The zero-order chi connectivity index (χ0) is 20.7. The van der Waals surface area contributed by atoms with E-state index in [1.807, 2.05) is 29.8 Å². The molecule has 1 N–H and O–H groups in total. The van der Waals surface area contributed by atoms with E-state index >= 15 is 0 Å². The number of aryl methyl sites for hydroxylation is 2. The van der Waals surface area contributed by atoms with Crippen LogP contribution in [0.3, 0.4) is 0 Å². The van der Waals surface area contributed by atoms with Crippen LogP contribution in [0.1, 0.15) is 23.0 Å². The summed E-state index contributed by atoms with van der Waals surface area (Å²) in [5.74, 6) is 0.171. The van der Waals surface area contributed by atoms with Crippen molar-refractivity contribution in [2.24, 2.45) is 7.05 Å². The van der Waals surface area contributed by atoms with Crippen LogP contribution in [-0.2, 0) is 24.9 Å². The van der Waals surface area contributed by atoms with Crippen LogP contribution in [0.4, 0.5) is 0 Å². The first-order valence-electron chi connectivity index (χ1n) is 9.24. The average molecular weight is 394 g/mol. The number of aromatic nitrogens is 4. The second-order valence-corrected chi connectivity index (χ2v) is 6.77. The molecule has 0 saturated carbocycles. The van der Waals surface area contributed by atoms with Crippen LogP contribution in [0.2, 0.25) is 0 Å². The minimum atomic E-state index is -1.02. The SMILES string of the molecule is CCn1c(-c2nc3cc(C(=O)O)cc(OC)c3n2C)cc2ccc(COC)nc21. The number of methoxy groups -OCH3 is 2. The van der Waals surface area contributed by atoms with Crippen molar-refractivity contribution >= 4 is 28.0 Å². The summed E-state index contributed by atoms with van der Waals surface area (Å²) in [5.41, 5.74) is 4.08. The molecule has 0 aliphatic carbocycles. The smallest absolute Gasteiger partial charge is 0.335 e. The molecule has 0 unspecified atom stereocenters. The Kier molecular flexibility index (Phi) is 4.71. The molecular weight excluding hydrogens is 372 g/mol. The lowest BCUT2D eigenvalue weighted by atomic mass is 10.2. The highest BCUT2D eigenvalue weighted by Gasteiger charge is 2.21. The first kappa shape index (κ1) is 18.9. The number of rotatable bonds is 6. The number of pyridine rings is 1. The molecule has 3 heterocycles. The van der Waals surface area contributed by atoms with Crippen molar-refractivity contribution in [3.8, 4) is 17.3 Å². The van der Waals surface area contributed by atoms with E-state index in [1.165, 1.54) is 13.2 Å². The summed E-state index contributed by atoms with van der Waals surface area (Å²) >= 11 is 0. The molecule has 4 rings (SSSR count). The second kappa shape index (κ2) is 7.21. The molecule has 0 atom stereocenters. The molecule has 0 saturated heterocycles. The fraction of sp³-hybridized carbons (Fsp3) is 0.286. The van der Waals surface area contributed by atoms with Gasteiger partial charge in [-0.15, -0.1) is 0 Å². The molecule has 150 valence electrons. The van der Waals surface area contributed by atoms with Crippen LogP contribution in [0, 0.1) is 0 Å². The van der Waals surface area contributed by atoms with E-state index in [9.17, 15) is 9.90 Å². The number of ether oxygens (including phenoxy) is 2. The molecule has 0 bridgehead atoms. The van der Waals surface area contributed by atoms with E-state index < -0.39 is 5.97 Å². The Balaban J connectivity index is 1.98. The van der Waals surface area contributed by atoms with E-state index in [2.05, 4.69) is 11.5 Å².